The first-order valence-corrected chi connectivity index (χ1v) is 6.27. The van der Waals surface area contributed by atoms with E-state index in [2.05, 4.69) is 63.0 Å². The highest BCUT2D eigenvalue weighted by Gasteiger charge is 2.03. The number of nitrogens with zero attached hydrogens (tertiary/aromatic N) is 2. The lowest BCUT2D eigenvalue weighted by Crippen LogP contribution is -2.01. The van der Waals surface area contributed by atoms with Gasteiger partial charge in [-0.2, -0.15) is 0 Å². The Labute approximate surface area is 114 Å². The van der Waals surface area contributed by atoms with E-state index in [1.54, 1.807) is 6.07 Å². The summed E-state index contributed by atoms with van der Waals surface area (Å²) in [5.74, 6) is 1.86. The van der Waals surface area contributed by atoms with E-state index in [9.17, 15) is 0 Å². The summed E-state index contributed by atoms with van der Waals surface area (Å²) < 4.78 is 1.18. The third-order valence-electron chi connectivity index (χ3n) is 2.32. The number of halogens is 1. The predicted octanol–water partition coefficient (Wildman–Crippen LogP) is 3.02. The van der Waals surface area contributed by atoms with Crippen LogP contribution in [0.2, 0.25) is 0 Å². The molecule has 0 radical (unpaired) electrons. The lowest BCUT2D eigenvalue weighted by molar-refractivity contribution is 1.06. The molecule has 0 saturated carbocycles. The molecule has 2 rings (SSSR count). The number of aromatic nitrogens is 2. The van der Waals surface area contributed by atoms with Crippen LogP contribution in [0.15, 0.2) is 24.3 Å². The van der Waals surface area contributed by atoms with Crippen LogP contribution in [0.4, 0.5) is 17.3 Å². The number of hydrogen-bond acceptors (Lipinski definition) is 4. The average molecular weight is 340 g/mol. The Kier molecular flexibility index (Phi) is 3.46. The molecule has 0 saturated heterocycles. The summed E-state index contributed by atoms with van der Waals surface area (Å²) >= 11 is 2.28. The van der Waals surface area contributed by atoms with Crippen LogP contribution in [-0.2, 0) is 0 Å². The molecule has 4 nitrogen and oxygen atoms in total. The van der Waals surface area contributed by atoms with E-state index >= 15 is 0 Å². The van der Waals surface area contributed by atoms with E-state index in [0.717, 1.165) is 11.5 Å². The van der Waals surface area contributed by atoms with Gasteiger partial charge in [0.1, 0.15) is 17.5 Å². The molecule has 0 aliphatic carbocycles. The van der Waals surface area contributed by atoms with Crippen molar-refractivity contribution in [3.05, 3.63) is 39.2 Å². The molecule has 1 aromatic heterocycles. The van der Waals surface area contributed by atoms with Crippen LogP contribution in [-0.4, -0.2) is 9.97 Å². The standard InChI is InChI=1S/C12H13IN4/c1-7-3-4-9(13)5-10(7)17-12-6-11(14)15-8(2)16-12/h3-6H,1-2H3,(H3,14,15,16,17). The van der Waals surface area contributed by atoms with Crippen molar-refractivity contribution in [2.24, 2.45) is 0 Å². The number of nitrogens with two attached hydrogens (primary N) is 1. The third kappa shape index (κ3) is 3.06. The highest BCUT2D eigenvalue weighted by Crippen LogP contribution is 2.22. The van der Waals surface area contributed by atoms with Crippen molar-refractivity contribution >= 4 is 39.9 Å². The Morgan fingerprint density at radius 2 is 1.94 bits per heavy atom. The summed E-state index contributed by atoms with van der Waals surface area (Å²) in [5.41, 5.74) is 7.89. The van der Waals surface area contributed by atoms with Crippen LogP contribution in [0.1, 0.15) is 11.4 Å². The number of nitrogen functional groups attached to an aromatic ring is 1. The van der Waals surface area contributed by atoms with Gasteiger partial charge in [0.25, 0.3) is 0 Å². The van der Waals surface area contributed by atoms with Crippen LogP contribution in [0.5, 0.6) is 0 Å². The predicted molar refractivity (Wildman–Crippen MR) is 78.4 cm³/mol. The van der Waals surface area contributed by atoms with Gasteiger partial charge in [0.05, 0.1) is 0 Å². The van der Waals surface area contributed by atoms with E-state index in [1.165, 1.54) is 9.13 Å². The van der Waals surface area contributed by atoms with Crippen LogP contribution >= 0.6 is 22.6 Å². The zero-order valence-electron chi connectivity index (χ0n) is 9.66. The monoisotopic (exact) mass is 340 g/mol. The molecule has 0 bridgehead atoms. The minimum absolute atomic E-state index is 0.475. The van der Waals surface area contributed by atoms with Gasteiger partial charge in [-0.05, 0) is 54.1 Å². The lowest BCUT2D eigenvalue weighted by Gasteiger charge is -2.10. The number of nitrogens with one attached hydrogen (secondary N) is 1. The molecule has 1 aromatic carbocycles. The molecule has 0 atom stereocenters. The number of hydrogen-bond donors (Lipinski definition) is 2. The Bertz CT molecular complexity index is 534. The van der Waals surface area contributed by atoms with Crippen LogP contribution in [0, 0.1) is 17.4 Å². The van der Waals surface area contributed by atoms with Gasteiger partial charge in [0.2, 0.25) is 0 Å². The van der Waals surface area contributed by atoms with E-state index in [4.69, 9.17) is 5.73 Å². The van der Waals surface area contributed by atoms with E-state index in [1.807, 2.05) is 6.92 Å². The molecule has 0 fully saturated rings. The van der Waals surface area contributed by atoms with Gasteiger partial charge in [0.15, 0.2) is 0 Å². The molecule has 0 aliphatic rings. The van der Waals surface area contributed by atoms with Crippen molar-refractivity contribution in [3.63, 3.8) is 0 Å². The van der Waals surface area contributed by atoms with Gasteiger partial charge in [-0.15, -0.1) is 0 Å². The minimum atomic E-state index is 0.475. The second kappa shape index (κ2) is 4.87. The van der Waals surface area contributed by atoms with Crippen molar-refractivity contribution in [1.29, 1.82) is 0 Å². The van der Waals surface area contributed by atoms with Gasteiger partial charge in [-0.25, -0.2) is 9.97 Å². The zero-order valence-corrected chi connectivity index (χ0v) is 11.8. The largest absolute Gasteiger partial charge is 0.384 e. The van der Waals surface area contributed by atoms with Gasteiger partial charge in [0, 0.05) is 15.3 Å². The van der Waals surface area contributed by atoms with Crippen molar-refractivity contribution < 1.29 is 0 Å². The fraction of sp³-hybridized carbons (Fsp3) is 0.167. The normalized spacial score (nSPS) is 10.3. The third-order valence-corrected chi connectivity index (χ3v) is 2.99. The van der Waals surface area contributed by atoms with Crippen LogP contribution in [0.3, 0.4) is 0 Å². The summed E-state index contributed by atoms with van der Waals surface area (Å²) in [4.78, 5) is 8.34. The highest BCUT2D eigenvalue weighted by atomic mass is 127. The van der Waals surface area contributed by atoms with E-state index < -0.39 is 0 Å². The molecular weight excluding hydrogens is 327 g/mol. The molecule has 0 amide bonds. The molecule has 3 N–H and O–H groups in total. The molecule has 0 unspecified atom stereocenters. The molecule has 5 heteroatoms. The Balaban J connectivity index is 2.34. The van der Waals surface area contributed by atoms with Crippen molar-refractivity contribution in [2.45, 2.75) is 13.8 Å². The number of benzene rings is 1. The maximum Gasteiger partial charge on any atom is 0.136 e. The fourth-order valence-electron chi connectivity index (χ4n) is 1.52. The first-order chi connectivity index (χ1) is 8.04. The molecule has 0 spiro atoms. The SMILES string of the molecule is Cc1nc(N)cc(Nc2cc(I)ccc2C)n1. The molecule has 1 heterocycles. The quantitative estimate of drug-likeness (QED) is 0.825. The fourth-order valence-corrected chi connectivity index (χ4v) is 2.01. The first-order valence-electron chi connectivity index (χ1n) is 5.19. The maximum absolute atomic E-state index is 5.69. The first kappa shape index (κ1) is 12.1. The van der Waals surface area contributed by atoms with Gasteiger partial charge >= 0.3 is 0 Å². The molecule has 17 heavy (non-hydrogen) atoms. The van der Waals surface area contributed by atoms with Crippen molar-refractivity contribution in [2.75, 3.05) is 11.1 Å². The maximum atomic E-state index is 5.69. The molecule has 0 aliphatic heterocycles. The van der Waals surface area contributed by atoms with Crippen molar-refractivity contribution in [1.82, 2.24) is 9.97 Å². The minimum Gasteiger partial charge on any atom is -0.384 e. The van der Waals surface area contributed by atoms with E-state index in [-0.39, 0.29) is 0 Å². The van der Waals surface area contributed by atoms with Gasteiger partial charge in [-0.1, -0.05) is 6.07 Å². The second-order valence-corrected chi connectivity index (χ2v) is 5.06. The zero-order chi connectivity index (χ0) is 12.4. The Morgan fingerprint density at radius 3 is 2.65 bits per heavy atom. The number of rotatable bonds is 2. The topological polar surface area (TPSA) is 63.8 Å². The van der Waals surface area contributed by atoms with Crippen LogP contribution < -0.4 is 11.1 Å². The Morgan fingerprint density at radius 1 is 1.18 bits per heavy atom. The molecular formula is C12H13IN4. The van der Waals surface area contributed by atoms with Crippen LogP contribution in [0.25, 0.3) is 0 Å². The second-order valence-electron chi connectivity index (χ2n) is 3.81. The summed E-state index contributed by atoms with van der Waals surface area (Å²) in [6.45, 7) is 3.87. The lowest BCUT2D eigenvalue weighted by atomic mass is 10.2. The van der Waals surface area contributed by atoms with Crippen molar-refractivity contribution in [3.8, 4) is 0 Å². The molecule has 88 valence electrons. The van der Waals surface area contributed by atoms with Gasteiger partial charge in [-0.3, -0.25) is 0 Å². The van der Waals surface area contributed by atoms with E-state index in [0.29, 0.717) is 11.6 Å². The summed E-state index contributed by atoms with van der Waals surface area (Å²) in [5, 5.41) is 3.26. The summed E-state index contributed by atoms with van der Waals surface area (Å²) in [6.07, 6.45) is 0. The van der Waals surface area contributed by atoms with Gasteiger partial charge < -0.3 is 11.1 Å². The highest BCUT2D eigenvalue weighted by molar-refractivity contribution is 14.1. The molecule has 2 aromatic rings. The smallest absolute Gasteiger partial charge is 0.136 e. The number of aryl methyl sites for hydroxylation is 2. The summed E-state index contributed by atoms with van der Waals surface area (Å²) in [6, 6.07) is 7.94. The average Bonchev–Trinajstić information content (AvgIpc) is 2.22. The Hall–Kier alpha value is -1.37. The summed E-state index contributed by atoms with van der Waals surface area (Å²) in [7, 11) is 0. The number of anilines is 3.